The molecule has 1 aliphatic heterocycles. The van der Waals surface area contributed by atoms with Gasteiger partial charge < -0.3 is 20.3 Å². The number of nitrogens with one attached hydrogen (secondary N) is 2. The Morgan fingerprint density at radius 2 is 1.67 bits per heavy atom. The van der Waals surface area contributed by atoms with Crippen molar-refractivity contribution in [2.45, 2.75) is 0 Å². The number of urea groups is 1. The summed E-state index contributed by atoms with van der Waals surface area (Å²) >= 11 is 0. The molecule has 36 heavy (non-hydrogen) atoms. The van der Waals surface area contributed by atoms with Gasteiger partial charge in [-0.25, -0.2) is 18.6 Å². The number of carbonyl (C=O) groups is 2. The van der Waals surface area contributed by atoms with Crippen LogP contribution in [0.25, 0.3) is 11.0 Å². The highest BCUT2D eigenvalue weighted by Gasteiger charge is 2.17. The highest BCUT2D eigenvalue weighted by Crippen LogP contribution is 2.22. The molecule has 0 saturated carbocycles. The first-order valence-corrected chi connectivity index (χ1v) is 11.2. The molecule has 1 aliphatic rings. The summed E-state index contributed by atoms with van der Waals surface area (Å²) in [6.07, 6.45) is 1.70. The Hall–Kier alpha value is -4.44. The lowest BCUT2D eigenvalue weighted by Crippen LogP contribution is -2.36. The Morgan fingerprint density at radius 3 is 2.44 bits per heavy atom. The molecule has 8 nitrogen and oxygen atoms in total. The second-order valence-corrected chi connectivity index (χ2v) is 8.14. The molecule has 4 aromatic rings. The van der Waals surface area contributed by atoms with Crippen LogP contribution in [0.5, 0.6) is 0 Å². The van der Waals surface area contributed by atoms with Crippen molar-refractivity contribution in [3.05, 3.63) is 89.6 Å². The standard InChI is InChI=1S/C26H21F2N5O3/c27-18-2-1-3-19(14-18)30-26(35)32-21-6-4-16(12-20(21)28)25(34)17-5-7-22-23(13-17)31-24(15-29-22)33-8-10-36-11-9-33/h1-7,12-15H,8-11H2,(H2,30,32,35). The molecule has 3 aromatic carbocycles. The predicted octanol–water partition coefficient (Wildman–Crippen LogP) is 4.62. The molecular formula is C26H21F2N5O3. The van der Waals surface area contributed by atoms with Crippen LogP contribution in [0, 0.1) is 11.6 Å². The topological polar surface area (TPSA) is 96.5 Å². The maximum Gasteiger partial charge on any atom is 0.323 e. The SMILES string of the molecule is O=C(Nc1cccc(F)c1)Nc1ccc(C(=O)c2ccc3ncc(N4CCOCC4)nc3c2)cc1F. The largest absolute Gasteiger partial charge is 0.378 e. The molecule has 2 N–H and O–H groups in total. The first-order valence-electron chi connectivity index (χ1n) is 11.2. The van der Waals surface area contributed by atoms with Crippen molar-refractivity contribution < 1.29 is 23.1 Å². The van der Waals surface area contributed by atoms with Crippen molar-refractivity contribution in [2.75, 3.05) is 41.8 Å². The highest BCUT2D eigenvalue weighted by atomic mass is 19.1. The van der Waals surface area contributed by atoms with Crippen LogP contribution in [0.15, 0.2) is 66.9 Å². The molecule has 0 spiro atoms. The number of amides is 2. The fraction of sp³-hybridized carbons (Fsp3) is 0.154. The maximum atomic E-state index is 14.7. The lowest BCUT2D eigenvalue weighted by atomic mass is 10.0. The fourth-order valence-electron chi connectivity index (χ4n) is 3.86. The molecule has 0 radical (unpaired) electrons. The Balaban J connectivity index is 1.32. The number of morpholine rings is 1. The lowest BCUT2D eigenvalue weighted by molar-refractivity contribution is 0.103. The van der Waals surface area contributed by atoms with Crippen LogP contribution in [0.3, 0.4) is 0 Å². The van der Waals surface area contributed by atoms with E-state index >= 15 is 0 Å². The van der Waals surface area contributed by atoms with Crippen molar-refractivity contribution >= 4 is 40.0 Å². The summed E-state index contributed by atoms with van der Waals surface area (Å²) in [7, 11) is 0. The quantitative estimate of drug-likeness (QED) is 0.397. The van der Waals surface area contributed by atoms with Crippen LogP contribution in [-0.4, -0.2) is 48.1 Å². The van der Waals surface area contributed by atoms with Gasteiger partial charge in [0.1, 0.15) is 17.5 Å². The van der Waals surface area contributed by atoms with Gasteiger partial charge in [0.05, 0.1) is 36.1 Å². The van der Waals surface area contributed by atoms with E-state index in [-0.39, 0.29) is 16.9 Å². The number of hydrogen-bond donors (Lipinski definition) is 2. The summed E-state index contributed by atoms with van der Waals surface area (Å²) in [5, 5.41) is 4.77. The minimum Gasteiger partial charge on any atom is -0.378 e. The number of carbonyl (C=O) groups excluding carboxylic acids is 2. The van der Waals surface area contributed by atoms with Gasteiger partial charge in [0.15, 0.2) is 5.78 Å². The molecule has 1 aromatic heterocycles. The summed E-state index contributed by atoms with van der Waals surface area (Å²) in [6, 6.07) is 13.3. The lowest BCUT2D eigenvalue weighted by Gasteiger charge is -2.27. The number of fused-ring (bicyclic) bond motifs is 1. The van der Waals surface area contributed by atoms with Gasteiger partial charge in [-0.15, -0.1) is 0 Å². The zero-order valence-electron chi connectivity index (χ0n) is 19.0. The van der Waals surface area contributed by atoms with Crippen LogP contribution in [0.4, 0.5) is 30.8 Å². The van der Waals surface area contributed by atoms with Crippen LogP contribution in [0.2, 0.25) is 0 Å². The molecule has 10 heteroatoms. The van der Waals surface area contributed by atoms with Crippen LogP contribution >= 0.6 is 0 Å². The number of benzene rings is 3. The third-order valence-corrected chi connectivity index (χ3v) is 5.69. The van der Waals surface area contributed by atoms with Crippen molar-refractivity contribution in [2.24, 2.45) is 0 Å². The minimum atomic E-state index is -0.787. The van der Waals surface area contributed by atoms with Crippen LogP contribution in [0.1, 0.15) is 15.9 Å². The van der Waals surface area contributed by atoms with Gasteiger partial charge in [-0.05, 0) is 54.6 Å². The van der Waals surface area contributed by atoms with Gasteiger partial charge in [0.2, 0.25) is 0 Å². The molecular weight excluding hydrogens is 468 g/mol. The normalized spacial score (nSPS) is 13.4. The van der Waals surface area contributed by atoms with Crippen LogP contribution < -0.4 is 15.5 Å². The number of halogens is 2. The van der Waals surface area contributed by atoms with E-state index < -0.39 is 23.4 Å². The van der Waals surface area contributed by atoms with Gasteiger partial charge in [0, 0.05) is 29.9 Å². The summed E-state index contributed by atoms with van der Waals surface area (Å²) < 4.78 is 33.4. The Kier molecular flexibility index (Phi) is 6.50. The second-order valence-electron chi connectivity index (χ2n) is 8.14. The van der Waals surface area contributed by atoms with Gasteiger partial charge in [-0.3, -0.25) is 9.78 Å². The summed E-state index contributed by atoms with van der Waals surface area (Å²) in [5.74, 6) is -0.997. The van der Waals surface area contributed by atoms with E-state index in [0.717, 1.165) is 12.1 Å². The zero-order valence-corrected chi connectivity index (χ0v) is 19.0. The smallest absolute Gasteiger partial charge is 0.323 e. The third-order valence-electron chi connectivity index (χ3n) is 5.69. The average Bonchev–Trinajstić information content (AvgIpc) is 2.89. The number of rotatable bonds is 5. The molecule has 0 aliphatic carbocycles. The van der Waals surface area contributed by atoms with E-state index in [1.807, 2.05) is 0 Å². The molecule has 1 saturated heterocycles. The van der Waals surface area contributed by atoms with Crippen molar-refractivity contribution in [3.63, 3.8) is 0 Å². The molecule has 2 amide bonds. The predicted molar refractivity (Wildman–Crippen MR) is 131 cm³/mol. The highest BCUT2D eigenvalue weighted by molar-refractivity contribution is 6.10. The first kappa shape index (κ1) is 23.3. The number of ether oxygens (including phenoxy) is 1. The van der Waals surface area contributed by atoms with Gasteiger partial charge in [-0.2, -0.15) is 0 Å². The van der Waals surface area contributed by atoms with Gasteiger partial charge >= 0.3 is 6.03 Å². The minimum absolute atomic E-state index is 0.111. The second kappa shape index (κ2) is 10.0. The van der Waals surface area contributed by atoms with Crippen molar-refractivity contribution in [3.8, 4) is 0 Å². The van der Waals surface area contributed by atoms with E-state index in [1.165, 1.54) is 30.3 Å². The van der Waals surface area contributed by atoms with Gasteiger partial charge in [0.25, 0.3) is 0 Å². The number of nitrogens with zero attached hydrogens (tertiary/aromatic N) is 3. The summed E-state index contributed by atoms with van der Waals surface area (Å²) in [5.41, 5.74) is 1.73. The van der Waals surface area contributed by atoms with Crippen LogP contribution in [-0.2, 0) is 4.74 Å². The Morgan fingerprint density at radius 1 is 0.889 bits per heavy atom. The Labute approximate surface area is 204 Å². The summed E-state index contributed by atoms with van der Waals surface area (Å²) in [4.78, 5) is 36.4. The Bertz CT molecular complexity index is 1460. The summed E-state index contributed by atoms with van der Waals surface area (Å²) in [6.45, 7) is 2.64. The molecule has 2 heterocycles. The monoisotopic (exact) mass is 489 g/mol. The maximum absolute atomic E-state index is 14.7. The molecule has 0 atom stereocenters. The molecule has 1 fully saturated rings. The number of anilines is 3. The third kappa shape index (κ3) is 5.13. The van der Waals surface area contributed by atoms with Gasteiger partial charge in [-0.1, -0.05) is 6.07 Å². The van der Waals surface area contributed by atoms with Crippen molar-refractivity contribution in [1.82, 2.24) is 9.97 Å². The van der Waals surface area contributed by atoms with E-state index in [4.69, 9.17) is 4.74 Å². The van der Waals surface area contributed by atoms with E-state index in [2.05, 4.69) is 25.5 Å². The van der Waals surface area contributed by atoms with E-state index in [9.17, 15) is 18.4 Å². The average molecular weight is 489 g/mol. The van der Waals surface area contributed by atoms with E-state index in [0.29, 0.717) is 48.7 Å². The fourth-order valence-corrected chi connectivity index (χ4v) is 3.86. The van der Waals surface area contributed by atoms with Crippen molar-refractivity contribution in [1.29, 1.82) is 0 Å². The molecule has 0 unspecified atom stereocenters. The zero-order chi connectivity index (χ0) is 25.1. The molecule has 0 bridgehead atoms. The molecule has 182 valence electrons. The number of hydrogen-bond acceptors (Lipinski definition) is 6. The number of aromatic nitrogens is 2. The first-order chi connectivity index (χ1) is 17.5. The van der Waals surface area contributed by atoms with E-state index in [1.54, 1.807) is 24.4 Å². The number of ketones is 1. The molecule has 5 rings (SSSR count).